The average molecular weight is 453 g/mol. The fraction of sp³-hybridized carbons (Fsp3) is 0.167. The van der Waals surface area contributed by atoms with Crippen molar-refractivity contribution in [3.05, 3.63) is 82.3 Å². The monoisotopic (exact) mass is 452 g/mol. The molecular formula is C24H21BrO4. The molecule has 0 aromatic heterocycles. The summed E-state index contributed by atoms with van der Waals surface area (Å²) in [5.74, 6) is -0.952. The van der Waals surface area contributed by atoms with Crippen LogP contribution in [0.5, 0.6) is 0 Å². The summed E-state index contributed by atoms with van der Waals surface area (Å²) >= 11 is 3.45. The largest absolute Gasteiger partial charge is 0.462 e. The van der Waals surface area contributed by atoms with Gasteiger partial charge in [-0.05, 0) is 54.8 Å². The Bertz CT molecular complexity index is 1010. The first kappa shape index (κ1) is 20.8. The third-order valence-corrected chi connectivity index (χ3v) is 4.89. The van der Waals surface area contributed by atoms with E-state index in [1.165, 1.54) is 0 Å². The van der Waals surface area contributed by atoms with E-state index in [0.29, 0.717) is 11.1 Å². The molecule has 0 aliphatic heterocycles. The number of hydrogen-bond acceptors (Lipinski definition) is 4. The van der Waals surface area contributed by atoms with E-state index >= 15 is 0 Å². The maximum absolute atomic E-state index is 12.8. The molecule has 0 bridgehead atoms. The molecule has 0 spiro atoms. The first-order valence-electron chi connectivity index (χ1n) is 9.38. The van der Waals surface area contributed by atoms with Gasteiger partial charge in [-0.2, -0.15) is 0 Å². The lowest BCUT2D eigenvalue weighted by Crippen LogP contribution is -2.12. The van der Waals surface area contributed by atoms with E-state index in [4.69, 9.17) is 9.47 Å². The van der Waals surface area contributed by atoms with Crippen LogP contribution in [0, 0.1) is 0 Å². The quantitative estimate of drug-likeness (QED) is 0.421. The molecule has 3 aromatic carbocycles. The highest BCUT2D eigenvalue weighted by Crippen LogP contribution is 2.37. The maximum Gasteiger partial charge on any atom is 0.338 e. The summed E-state index contributed by atoms with van der Waals surface area (Å²) in [6.45, 7) is 4.00. The lowest BCUT2D eigenvalue weighted by atomic mass is 9.88. The Hall–Kier alpha value is -2.92. The van der Waals surface area contributed by atoms with Crippen LogP contribution in [-0.2, 0) is 9.47 Å². The van der Waals surface area contributed by atoms with Gasteiger partial charge < -0.3 is 9.47 Å². The standard InChI is InChI=1S/C24H21BrO4/c1-3-28-23(26)18-14-20(16-10-12-19(25)13-11-16)22(17-8-6-5-7-9-17)21(15-18)24(27)29-4-2/h5-15H,3-4H2,1-2H3. The number of esters is 2. The number of benzene rings is 3. The van der Waals surface area contributed by atoms with Gasteiger partial charge in [-0.3, -0.25) is 0 Å². The molecule has 148 valence electrons. The number of hydrogen-bond donors (Lipinski definition) is 0. The minimum absolute atomic E-state index is 0.240. The smallest absolute Gasteiger partial charge is 0.338 e. The molecule has 29 heavy (non-hydrogen) atoms. The van der Waals surface area contributed by atoms with Gasteiger partial charge in [-0.25, -0.2) is 9.59 Å². The number of halogens is 1. The van der Waals surface area contributed by atoms with Crippen molar-refractivity contribution in [2.24, 2.45) is 0 Å². The highest BCUT2D eigenvalue weighted by atomic mass is 79.9. The molecular weight excluding hydrogens is 432 g/mol. The van der Waals surface area contributed by atoms with E-state index in [-0.39, 0.29) is 13.2 Å². The Kier molecular flexibility index (Phi) is 6.83. The van der Waals surface area contributed by atoms with Crippen LogP contribution in [-0.4, -0.2) is 25.2 Å². The lowest BCUT2D eigenvalue weighted by molar-refractivity contribution is 0.0526. The van der Waals surface area contributed by atoms with Gasteiger partial charge in [-0.1, -0.05) is 58.4 Å². The van der Waals surface area contributed by atoms with Gasteiger partial charge in [0.15, 0.2) is 0 Å². The minimum Gasteiger partial charge on any atom is -0.462 e. The van der Waals surface area contributed by atoms with E-state index in [9.17, 15) is 9.59 Å². The van der Waals surface area contributed by atoms with Gasteiger partial charge in [0, 0.05) is 10.0 Å². The molecule has 4 nitrogen and oxygen atoms in total. The molecule has 0 aliphatic rings. The highest BCUT2D eigenvalue weighted by Gasteiger charge is 2.22. The van der Waals surface area contributed by atoms with Crippen LogP contribution >= 0.6 is 15.9 Å². The highest BCUT2D eigenvalue weighted by molar-refractivity contribution is 9.10. The molecule has 0 unspecified atom stereocenters. The van der Waals surface area contributed by atoms with Crippen molar-refractivity contribution in [2.45, 2.75) is 13.8 Å². The van der Waals surface area contributed by atoms with Crippen molar-refractivity contribution >= 4 is 27.9 Å². The zero-order chi connectivity index (χ0) is 20.8. The molecule has 0 atom stereocenters. The zero-order valence-electron chi connectivity index (χ0n) is 16.3. The third-order valence-electron chi connectivity index (χ3n) is 4.36. The topological polar surface area (TPSA) is 52.6 Å². The fourth-order valence-electron chi connectivity index (χ4n) is 3.12. The van der Waals surface area contributed by atoms with E-state index in [2.05, 4.69) is 15.9 Å². The summed E-state index contributed by atoms with van der Waals surface area (Å²) in [7, 11) is 0. The second kappa shape index (κ2) is 9.52. The summed E-state index contributed by atoms with van der Waals surface area (Å²) in [5, 5.41) is 0. The Balaban J connectivity index is 2.33. The summed E-state index contributed by atoms with van der Waals surface area (Å²) in [6.07, 6.45) is 0. The predicted octanol–water partition coefficient (Wildman–Crippen LogP) is 6.14. The van der Waals surface area contributed by atoms with Crippen LogP contribution in [0.1, 0.15) is 34.6 Å². The third kappa shape index (κ3) is 4.74. The van der Waals surface area contributed by atoms with Crippen molar-refractivity contribution in [3.63, 3.8) is 0 Å². The fourth-order valence-corrected chi connectivity index (χ4v) is 3.38. The van der Waals surface area contributed by atoms with E-state index in [1.807, 2.05) is 54.6 Å². The van der Waals surface area contributed by atoms with Crippen molar-refractivity contribution in [1.82, 2.24) is 0 Å². The molecule has 3 aromatic rings. The first-order valence-corrected chi connectivity index (χ1v) is 10.2. The molecule has 3 rings (SSSR count). The number of carbonyl (C=O) groups excluding carboxylic acids is 2. The SMILES string of the molecule is CCOC(=O)c1cc(C(=O)OCC)c(-c2ccccc2)c(-c2ccc(Br)cc2)c1. The zero-order valence-corrected chi connectivity index (χ0v) is 17.9. The van der Waals surface area contributed by atoms with Gasteiger partial charge in [0.25, 0.3) is 0 Å². The average Bonchev–Trinajstić information content (AvgIpc) is 2.74. The first-order chi connectivity index (χ1) is 14.0. The van der Waals surface area contributed by atoms with Gasteiger partial charge in [0.1, 0.15) is 0 Å². The summed E-state index contributed by atoms with van der Waals surface area (Å²) in [5.41, 5.74) is 3.87. The molecule has 0 fully saturated rings. The Morgan fingerprint density at radius 3 is 2.03 bits per heavy atom. The number of rotatable bonds is 6. The second-order valence-electron chi connectivity index (χ2n) is 6.26. The van der Waals surface area contributed by atoms with Gasteiger partial charge in [0.2, 0.25) is 0 Å². The molecule has 0 amide bonds. The molecule has 0 heterocycles. The van der Waals surface area contributed by atoms with Crippen LogP contribution in [0.4, 0.5) is 0 Å². The van der Waals surface area contributed by atoms with E-state index in [0.717, 1.165) is 26.7 Å². The van der Waals surface area contributed by atoms with Crippen molar-refractivity contribution in [1.29, 1.82) is 0 Å². The van der Waals surface area contributed by atoms with E-state index in [1.54, 1.807) is 26.0 Å². The van der Waals surface area contributed by atoms with Crippen molar-refractivity contribution < 1.29 is 19.1 Å². The Morgan fingerprint density at radius 1 is 0.793 bits per heavy atom. The van der Waals surface area contributed by atoms with Crippen LogP contribution < -0.4 is 0 Å². The summed E-state index contributed by atoms with van der Waals surface area (Å²) in [4.78, 5) is 25.3. The molecule has 0 N–H and O–H groups in total. The molecule has 0 saturated heterocycles. The van der Waals surface area contributed by atoms with Gasteiger partial charge in [0.05, 0.1) is 24.3 Å². The Morgan fingerprint density at radius 2 is 1.41 bits per heavy atom. The minimum atomic E-state index is -0.476. The van der Waals surface area contributed by atoms with E-state index < -0.39 is 11.9 Å². The molecule has 5 heteroatoms. The molecule has 0 saturated carbocycles. The van der Waals surface area contributed by atoms with Crippen molar-refractivity contribution in [2.75, 3.05) is 13.2 Å². The maximum atomic E-state index is 12.8. The second-order valence-corrected chi connectivity index (χ2v) is 7.18. The normalized spacial score (nSPS) is 10.4. The van der Waals surface area contributed by atoms with Gasteiger partial charge >= 0.3 is 11.9 Å². The number of ether oxygens (including phenoxy) is 2. The summed E-state index contributed by atoms with van der Waals surface area (Å²) in [6, 6.07) is 20.7. The van der Waals surface area contributed by atoms with Crippen LogP contribution in [0.3, 0.4) is 0 Å². The molecule has 0 radical (unpaired) electrons. The molecule has 0 aliphatic carbocycles. The van der Waals surface area contributed by atoms with Crippen LogP contribution in [0.2, 0.25) is 0 Å². The van der Waals surface area contributed by atoms with Gasteiger partial charge in [-0.15, -0.1) is 0 Å². The van der Waals surface area contributed by atoms with Crippen molar-refractivity contribution in [3.8, 4) is 22.3 Å². The predicted molar refractivity (Wildman–Crippen MR) is 117 cm³/mol. The summed E-state index contributed by atoms with van der Waals surface area (Å²) < 4.78 is 11.4. The number of carbonyl (C=O) groups is 2. The van der Waals surface area contributed by atoms with Crippen LogP contribution in [0.15, 0.2) is 71.2 Å². The van der Waals surface area contributed by atoms with Crippen LogP contribution in [0.25, 0.3) is 22.3 Å². The lowest BCUT2D eigenvalue weighted by Gasteiger charge is -2.17. The Labute approximate surface area is 178 Å².